The molecule has 0 unspecified atom stereocenters. The Balaban J connectivity index is 2.07. The van der Waals surface area contributed by atoms with E-state index in [0.29, 0.717) is 12.2 Å². The van der Waals surface area contributed by atoms with Gasteiger partial charge in [-0.3, -0.25) is 10.1 Å². The highest BCUT2D eigenvalue weighted by atomic mass is 16.6. The summed E-state index contributed by atoms with van der Waals surface area (Å²) in [5, 5.41) is 16.3. The van der Waals surface area contributed by atoms with Crippen molar-refractivity contribution in [2.45, 2.75) is 6.04 Å². The molecule has 126 valence electrons. The number of hydrogen-bond donors (Lipinski definition) is 2. The number of benzene rings is 2. The van der Waals surface area contributed by atoms with E-state index in [2.05, 4.69) is 10.6 Å². The second-order valence-electron chi connectivity index (χ2n) is 5.63. The van der Waals surface area contributed by atoms with Gasteiger partial charge in [0.2, 0.25) is 0 Å². The number of nitro benzene ring substituents is 1. The van der Waals surface area contributed by atoms with Crippen molar-refractivity contribution in [2.75, 3.05) is 26.0 Å². The molecular weight excluding hydrogens is 308 g/mol. The average molecular weight is 328 g/mol. The molecule has 2 aromatic carbocycles. The molecule has 0 spiro atoms. The molecule has 0 saturated heterocycles. The monoisotopic (exact) mass is 328 g/mol. The SMILES string of the molecule is CN(C)C[C@H](NC(=O)Nc1cccc([N+](=O)[O-])c1)c1ccccc1. The Morgan fingerprint density at radius 2 is 1.88 bits per heavy atom. The fraction of sp³-hybridized carbons (Fsp3) is 0.235. The molecule has 2 N–H and O–H groups in total. The van der Waals surface area contributed by atoms with Crippen molar-refractivity contribution in [2.24, 2.45) is 0 Å². The van der Waals surface area contributed by atoms with Crippen LogP contribution in [0.3, 0.4) is 0 Å². The maximum atomic E-state index is 12.2. The Hall–Kier alpha value is -2.93. The smallest absolute Gasteiger partial charge is 0.319 e. The molecule has 0 aliphatic carbocycles. The minimum Gasteiger partial charge on any atom is -0.330 e. The minimum atomic E-state index is -0.498. The second kappa shape index (κ2) is 8.07. The summed E-state index contributed by atoms with van der Waals surface area (Å²) >= 11 is 0. The lowest BCUT2D eigenvalue weighted by Gasteiger charge is -2.23. The van der Waals surface area contributed by atoms with Gasteiger partial charge in [0, 0.05) is 24.4 Å². The highest BCUT2D eigenvalue weighted by Gasteiger charge is 2.16. The van der Waals surface area contributed by atoms with Crippen LogP contribution in [0.25, 0.3) is 0 Å². The minimum absolute atomic E-state index is 0.0688. The summed E-state index contributed by atoms with van der Waals surface area (Å²) in [6.45, 7) is 0.631. The van der Waals surface area contributed by atoms with Crippen molar-refractivity contribution in [1.82, 2.24) is 10.2 Å². The zero-order valence-corrected chi connectivity index (χ0v) is 13.6. The van der Waals surface area contributed by atoms with E-state index in [9.17, 15) is 14.9 Å². The van der Waals surface area contributed by atoms with E-state index in [0.717, 1.165) is 5.56 Å². The number of hydrogen-bond acceptors (Lipinski definition) is 4. The van der Waals surface area contributed by atoms with Crippen LogP contribution in [0.4, 0.5) is 16.2 Å². The molecule has 0 radical (unpaired) electrons. The quantitative estimate of drug-likeness (QED) is 0.630. The van der Waals surface area contributed by atoms with E-state index in [-0.39, 0.29) is 11.7 Å². The number of carbonyl (C=O) groups excluding carboxylic acids is 1. The van der Waals surface area contributed by atoms with Crippen molar-refractivity contribution < 1.29 is 9.72 Å². The number of likely N-dealkylation sites (N-methyl/N-ethyl adjacent to an activating group) is 1. The van der Waals surface area contributed by atoms with E-state index in [1.54, 1.807) is 6.07 Å². The van der Waals surface area contributed by atoms with E-state index >= 15 is 0 Å². The first-order valence-corrected chi connectivity index (χ1v) is 7.47. The molecule has 24 heavy (non-hydrogen) atoms. The van der Waals surface area contributed by atoms with Gasteiger partial charge in [-0.25, -0.2) is 4.79 Å². The first-order valence-electron chi connectivity index (χ1n) is 7.47. The number of nitro groups is 1. The number of nitrogens with one attached hydrogen (secondary N) is 2. The van der Waals surface area contributed by atoms with Crippen molar-refractivity contribution in [3.05, 3.63) is 70.3 Å². The molecule has 0 aromatic heterocycles. The first-order chi connectivity index (χ1) is 11.5. The topological polar surface area (TPSA) is 87.5 Å². The number of non-ortho nitro benzene ring substituents is 1. The Morgan fingerprint density at radius 1 is 1.17 bits per heavy atom. The molecule has 0 saturated carbocycles. The van der Waals surface area contributed by atoms with Crippen LogP contribution in [0.1, 0.15) is 11.6 Å². The molecule has 7 nitrogen and oxygen atoms in total. The number of carbonyl (C=O) groups is 1. The maximum absolute atomic E-state index is 12.2. The largest absolute Gasteiger partial charge is 0.330 e. The Bertz CT molecular complexity index is 704. The zero-order chi connectivity index (χ0) is 17.5. The van der Waals surface area contributed by atoms with Crippen LogP contribution in [-0.4, -0.2) is 36.5 Å². The van der Waals surface area contributed by atoms with Gasteiger partial charge in [0.15, 0.2) is 0 Å². The molecule has 0 aliphatic rings. The van der Waals surface area contributed by atoms with Gasteiger partial charge in [-0.2, -0.15) is 0 Å². The van der Waals surface area contributed by atoms with Gasteiger partial charge in [0.05, 0.1) is 11.0 Å². The molecule has 7 heteroatoms. The number of amides is 2. The van der Waals surface area contributed by atoms with Crippen molar-refractivity contribution in [1.29, 1.82) is 0 Å². The van der Waals surface area contributed by atoms with Gasteiger partial charge in [-0.1, -0.05) is 36.4 Å². The van der Waals surface area contributed by atoms with Gasteiger partial charge in [0.25, 0.3) is 5.69 Å². The van der Waals surface area contributed by atoms with E-state index in [1.165, 1.54) is 18.2 Å². The van der Waals surface area contributed by atoms with Crippen LogP contribution in [0.2, 0.25) is 0 Å². The van der Waals surface area contributed by atoms with E-state index in [1.807, 2.05) is 49.3 Å². The molecule has 0 heterocycles. The second-order valence-corrected chi connectivity index (χ2v) is 5.63. The van der Waals surface area contributed by atoms with Crippen LogP contribution in [-0.2, 0) is 0 Å². The summed E-state index contributed by atoms with van der Waals surface area (Å²) in [5.74, 6) is 0. The number of rotatable bonds is 6. The lowest BCUT2D eigenvalue weighted by molar-refractivity contribution is -0.384. The molecule has 0 aliphatic heterocycles. The van der Waals surface area contributed by atoms with Crippen LogP contribution >= 0.6 is 0 Å². The highest BCUT2D eigenvalue weighted by Crippen LogP contribution is 2.18. The van der Waals surface area contributed by atoms with Gasteiger partial charge < -0.3 is 15.5 Å². The third kappa shape index (κ3) is 5.06. The normalized spacial score (nSPS) is 11.8. The predicted molar refractivity (Wildman–Crippen MR) is 93.0 cm³/mol. The molecule has 2 amide bonds. The van der Waals surface area contributed by atoms with E-state index < -0.39 is 11.0 Å². The first kappa shape index (κ1) is 17.4. The van der Waals surface area contributed by atoms with Crippen LogP contribution in [0, 0.1) is 10.1 Å². The molecule has 0 bridgehead atoms. The molecule has 2 aromatic rings. The van der Waals surface area contributed by atoms with Crippen molar-refractivity contribution in [3.63, 3.8) is 0 Å². The van der Waals surface area contributed by atoms with Gasteiger partial charge in [-0.05, 0) is 25.7 Å². The van der Waals surface area contributed by atoms with Crippen molar-refractivity contribution in [3.8, 4) is 0 Å². The van der Waals surface area contributed by atoms with Gasteiger partial charge >= 0.3 is 6.03 Å². The molecule has 1 atom stereocenters. The maximum Gasteiger partial charge on any atom is 0.319 e. The number of anilines is 1. The average Bonchev–Trinajstić information content (AvgIpc) is 2.55. The molecule has 0 fully saturated rings. The summed E-state index contributed by atoms with van der Waals surface area (Å²) < 4.78 is 0. The lowest BCUT2D eigenvalue weighted by atomic mass is 10.1. The Kier molecular flexibility index (Phi) is 5.86. The Labute approximate surface area is 140 Å². The summed E-state index contributed by atoms with van der Waals surface area (Å²) in [6, 6.07) is 14.9. The van der Waals surface area contributed by atoms with Crippen LogP contribution in [0.15, 0.2) is 54.6 Å². The lowest BCUT2D eigenvalue weighted by Crippen LogP contribution is -2.37. The summed E-state index contributed by atoms with van der Waals surface area (Å²) in [4.78, 5) is 24.5. The third-order valence-electron chi connectivity index (χ3n) is 3.37. The van der Waals surface area contributed by atoms with E-state index in [4.69, 9.17) is 0 Å². The fourth-order valence-corrected chi connectivity index (χ4v) is 2.31. The Morgan fingerprint density at radius 3 is 2.50 bits per heavy atom. The molecular formula is C17H20N4O3. The highest BCUT2D eigenvalue weighted by molar-refractivity contribution is 5.89. The summed E-state index contributed by atoms with van der Waals surface area (Å²) in [5.41, 5.74) is 1.29. The standard InChI is InChI=1S/C17H20N4O3/c1-20(2)12-16(13-7-4-3-5-8-13)19-17(22)18-14-9-6-10-15(11-14)21(23)24/h3-11,16H,12H2,1-2H3,(H2,18,19,22)/t16-/m0/s1. The van der Waals surface area contributed by atoms with Crippen LogP contribution in [0.5, 0.6) is 0 Å². The summed E-state index contributed by atoms with van der Waals surface area (Å²) in [6.07, 6.45) is 0. The van der Waals surface area contributed by atoms with Crippen molar-refractivity contribution >= 4 is 17.4 Å². The van der Waals surface area contributed by atoms with Gasteiger partial charge in [-0.15, -0.1) is 0 Å². The third-order valence-corrected chi connectivity index (χ3v) is 3.37. The zero-order valence-electron chi connectivity index (χ0n) is 13.6. The number of urea groups is 1. The fourth-order valence-electron chi connectivity index (χ4n) is 2.31. The number of nitrogens with zero attached hydrogens (tertiary/aromatic N) is 2. The van der Waals surface area contributed by atoms with Crippen LogP contribution < -0.4 is 10.6 Å². The molecule has 2 rings (SSSR count). The van der Waals surface area contributed by atoms with Gasteiger partial charge in [0.1, 0.15) is 0 Å². The summed E-state index contributed by atoms with van der Waals surface area (Å²) in [7, 11) is 3.85. The predicted octanol–water partition coefficient (Wildman–Crippen LogP) is 3.02.